The number of imidazole rings is 1. The van der Waals surface area contributed by atoms with E-state index in [0.717, 1.165) is 19.5 Å². The monoisotopic (exact) mass is 277 g/mol. The van der Waals surface area contributed by atoms with Gasteiger partial charge in [-0.1, -0.05) is 33.1 Å². The van der Waals surface area contributed by atoms with Crippen LogP contribution in [0.4, 0.5) is 0 Å². The van der Waals surface area contributed by atoms with E-state index in [-0.39, 0.29) is 0 Å². The summed E-state index contributed by atoms with van der Waals surface area (Å²) in [4.78, 5) is 4.58. The molecule has 0 radical (unpaired) electrons. The van der Waals surface area contributed by atoms with Gasteiger partial charge in [0.1, 0.15) is 5.82 Å². The van der Waals surface area contributed by atoms with Gasteiger partial charge >= 0.3 is 0 Å². The molecule has 1 aliphatic rings. The molecule has 114 valence electrons. The zero-order valence-corrected chi connectivity index (χ0v) is 13.5. The largest absolute Gasteiger partial charge is 0.335 e. The third-order valence-corrected chi connectivity index (χ3v) is 5.01. The van der Waals surface area contributed by atoms with Crippen LogP contribution in [-0.4, -0.2) is 22.1 Å². The summed E-state index contributed by atoms with van der Waals surface area (Å²) >= 11 is 0. The van der Waals surface area contributed by atoms with Gasteiger partial charge in [0.25, 0.3) is 0 Å². The first-order valence-electron chi connectivity index (χ1n) is 8.43. The van der Waals surface area contributed by atoms with E-state index in [0.29, 0.717) is 11.5 Å². The van der Waals surface area contributed by atoms with Crippen molar-refractivity contribution in [3.63, 3.8) is 0 Å². The number of aryl methyl sites for hydroxylation is 1. The molecule has 1 aromatic heterocycles. The van der Waals surface area contributed by atoms with E-state index in [1.165, 1.54) is 44.3 Å². The Labute approximate surface area is 124 Å². The van der Waals surface area contributed by atoms with Crippen molar-refractivity contribution >= 4 is 0 Å². The van der Waals surface area contributed by atoms with E-state index in [1.54, 1.807) is 0 Å². The zero-order valence-electron chi connectivity index (χ0n) is 13.5. The van der Waals surface area contributed by atoms with Crippen LogP contribution >= 0.6 is 0 Å². The van der Waals surface area contributed by atoms with Crippen LogP contribution in [-0.2, 0) is 13.0 Å². The fourth-order valence-corrected chi connectivity index (χ4v) is 3.59. The fraction of sp³-hybridized carbons (Fsp3) is 0.824. The third kappa shape index (κ3) is 3.63. The minimum atomic E-state index is 0.442. The summed E-state index contributed by atoms with van der Waals surface area (Å²) in [5.41, 5.74) is 0.442. The van der Waals surface area contributed by atoms with E-state index in [1.807, 2.05) is 6.20 Å². The normalized spacial score (nSPS) is 19.9. The molecule has 1 unspecified atom stereocenters. The van der Waals surface area contributed by atoms with Crippen molar-refractivity contribution in [2.75, 3.05) is 6.54 Å². The van der Waals surface area contributed by atoms with E-state index in [4.69, 9.17) is 0 Å². The highest BCUT2D eigenvalue weighted by Crippen LogP contribution is 2.39. The summed E-state index contributed by atoms with van der Waals surface area (Å²) in [6.45, 7) is 9.07. The van der Waals surface area contributed by atoms with E-state index < -0.39 is 0 Å². The number of nitrogens with zero attached hydrogens (tertiary/aromatic N) is 2. The lowest BCUT2D eigenvalue weighted by atomic mass is 9.69. The Bertz CT molecular complexity index is 391. The lowest BCUT2D eigenvalue weighted by molar-refractivity contribution is 0.141. The quantitative estimate of drug-likeness (QED) is 0.822. The van der Waals surface area contributed by atoms with Crippen molar-refractivity contribution < 1.29 is 0 Å². The molecule has 0 saturated heterocycles. The van der Waals surface area contributed by atoms with Crippen LogP contribution < -0.4 is 5.32 Å². The first-order valence-corrected chi connectivity index (χ1v) is 8.43. The number of aromatic nitrogens is 2. The first kappa shape index (κ1) is 15.6. The van der Waals surface area contributed by atoms with E-state index in [9.17, 15) is 0 Å². The van der Waals surface area contributed by atoms with E-state index >= 15 is 0 Å². The molecule has 0 bridgehead atoms. The lowest BCUT2D eigenvalue weighted by Gasteiger charge is -2.41. The fourth-order valence-electron chi connectivity index (χ4n) is 3.59. The van der Waals surface area contributed by atoms with Crippen LogP contribution in [0, 0.1) is 5.41 Å². The minimum absolute atomic E-state index is 0.442. The minimum Gasteiger partial charge on any atom is -0.335 e. The number of nitrogens with one attached hydrogen (secondary N) is 1. The maximum Gasteiger partial charge on any atom is 0.110 e. The second kappa shape index (κ2) is 7.26. The molecule has 1 N–H and O–H groups in total. The summed E-state index contributed by atoms with van der Waals surface area (Å²) in [6, 6.07) is 0.565. The van der Waals surface area contributed by atoms with Gasteiger partial charge in [-0.2, -0.15) is 0 Å². The highest BCUT2D eigenvalue weighted by molar-refractivity contribution is 5.00. The maximum absolute atomic E-state index is 4.58. The summed E-state index contributed by atoms with van der Waals surface area (Å²) in [5.74, 6) is 1.24. The summed E-state index contributed by atoms with van der Waals surface area (Å²) < 4.78 is 2.28. The average Bonchev–Trinajstić information content (AvgIpc) is 2.91. The van der Waals surface area contributed by atoms with Crippen molar-refractivity contribution in [1.29, 1.82) is 0 Å². The smallest absolute Gasteiger partial charge is 0.110 e. The van der Waals surface area contributed by atoms with Gasteiger partial charge in [0.15, 0.2) is 0 Å². The molecule has 3 heteroatoms. The second-order valence-corrected chi connectivity index (χ2v) is 6.56. The number of hydrogen-bond acceptors (Lipinski definition) is 2. The van der Waals surface area contributed by atoms with Gasteiger partial charge in [0.05, 0.1) is 0 Å². The molecular formula is C17H31N3. The van der Waals surface area contributed by atoms with Gasteiger partial charge in [0, 0.05) is 31.4 Å². The highest BCUT2D eigenvalue weighted by atomic mass is 15.1. The van der Waals surface area contributed by atoms with Gasteiger partial charge in [-0.05, 0) is 38.1 Å². The zero-order chi connectivity index (χ0) is 14.4. The molecule has 0 aromatic carbocycles. The predicted molar refractivity (Wildman–Crippen MR) is 84.9 cm³/mol. The van der Waals surface area contributed by atoms with Crippen molar-refractivity contribution in [2.24, 2.45) is 5.41 Å². The molecule has 2 rings (SSSR count). The molecular weight excluding hydrogens is 246 g/mol. The van der Waals surface area contributed by atoms with Crippen LogP contribution in [0.3, 0.4) is 0 Å². The highest BCUT2D eigenvalue weighted by Gasteiger charge is 2.35. The van der Waals surface area contributed by atoms with Crippen LogP contribution in [0.15, 0.2) is 12.4 Å². The van der Waals surface area contributed by atoms with Gasteiger partial charge < -0.3 is 9.88 Å². The van der Waals surface area contributed by atoms with Crippen LogP contribution in [0.1, 0.15) is 65.1 Å². The second-order valence-electron chi connectivity index (χ2n) is 6.56. The van der Waals surface area contributed by atoms with Gasteiger partial charge in [-0.15, -0.1) is 0 Å². The Morgan fingerprint density at radius 3 is 2.70 bits per heavy atom. The molecule has 1 fully saturated rings. The lowest BCUT2D eigenvalue weighted by Crippen LogP contribution is -2.47. The molecule has 0 amide bonds. The molecule has 1 aliphatic carbocycles. The third-order valence-electron chi connectivity index (χ3n) is 5.01. The maximum atomic E-state index is 4.58. The number of rotatable bonds is 7. The Kier molecular flexibility index (Phi) is 5.64. The molecule has 1 atom stereocenters. The Morgan fingerprint density at radius 1 is 1.30 bits per heavy atom. The summed E-state index contributed by atoms with van der Waals surface area (Å²) in [7, 11) is 0. The molecule has 3 nitrogen and oxygen atoms in total. The SMILES string of the molecule is CCCNC(Cc1nccn1CC)C1(C)CCCCC1. The Balaban J connectivity index is 2.10. The van der Waals surface area contributed by atoms with Crippen molar-refractivity contribution in [3.05, 3.63) is 18.2 Å². The topological polar surface area (TPSA) is 29.9 Å². The predicted octanol–water partition coefficient (Wildman–Crippen LogP) is 3.78. The molecule has 20 heavy (non-hydrogen) atoms. The van der Waals surface area contributed by atoms with Crippen LogP contribution in [0.2, 0.25) is 0 Å². The van der Waals surface area contributed by atoms with Gasteiger partial charge in [0.2, 0.25) is 0 Å². The van der Waals surface area contributed by atoms with Crippen molar-refractivity contribution in [2.45, 2.75) is 78.3 Å². The van der Waals surface area contributed by atoms with Gasteiger partial charge in [-0.25, -0.2) is 4.98 Å². The Hall–Kier alpha value is -0.830. The van der Waals surface area contributed by atoms with Crippen molar-refractivity contribution in [3.8, 4) is 0 Å². The molecule has 0 aliphatic heterocycles. The van der Waals surface area contributed by atoms with Crippen LogP contribution in [0.25, 0.3) is 0 Å². The first-order chi connectivity index (χ1) is 9.69. The Morgan fingerprint density at radius 2 is 2.05 bits per heavy atom. The summed E-state index contributed by atoms with van der Waals surface area (Å²) in [6.07, 6.45) is 13.2. The van der Waals surface area contributed by atoms with Gasteiger partial charge in [-0.3, -0.25) is 0 Å². The van der Waals surface area contributed by atoms with Crippen molar-refractivity contribution in [1.82, 2.24) is 14.9 Å². The standard InChI is InChI=1S/C17H31N3/c1-4-11-18-15(17(3)9-7-6-8-10-17)14-16-19-12-13-20(16)5-2/h12-13,15,18H,4-11,14H2,1-3H3. The summed E-state index contributed by atoms with van der Waals surface area (Å²) in [5, 5.41) is 3.82. The average molecular weight is 277 g/mol. The number of hydrogen-bond donors (Lipinski definition) is 1. The van der Waals surface area contributed by atoms with Crippen LogP contribution in [0.5, 0.6) is 0 Å². The van der Waals surface area contributed by atoms with E-state index in [2.05, 4.69) is 41.8 Å². The molecule has 1 heterocycles. The molecule has 0 spiro atoms. The molecule has 1 saturated carbocycles. The molecule has 1 aromatic rings.